The van der Waals surface area contributed by atoms with Crippen LogP contribution in [0.25, 0.3) is 6.08 Å². The molecule has 5 nitrogen and oxygen atoms in total. The van der Waals surface area contributed by atoms with Crippen LogP contribution in [0.3, 0.4) is 0 Å². The Labute approximate surface area is 119 Å². The third-order valence-corrected chi connectivity index (χ3v) is 3.49. The van der Waals surface area contributed by atoms with Crippen LogP contribution >= 0.6 is 0 Å². The number of hydrogen-bond acceptors (Lipinski definition) is 4. The Morgan fingerprint density at radius 2 is 2.10 bits per heavy atom. The molecule has 0 radical (unpaired) electrons. The zero-order valence-electron chi connectivity index (χ0n) is 11.7. The summed E-state index contributed by atoms with van der Waals surface area (Å²) in [7, 11) is 1.54. The van der Waals surface area contributed by atoms with E-state index in [0.717, 1.165) is 13.1 Å². The molecule has 1 aliphatic rings. The molecular formula is C15H20N2O3. The summed E-state index contributed by atoms with van der Waals surface area (Å²) in [5.41, 5.74) is 1.39. The number of nitro groups is 1. The van der Waals surface area contributed by atoms with Gasteiger partial charge >= 0.3 is 0 Å². The molecule has 20 heavy (non-hydrogen) atoms. The Hall–Kier alpha value is -1.88. The first-order valence-corrected chi connectivity index (χ1v) is 6.90. The molecule has 0 spiro atoms. The second-order valence-electron chi connectivity index (χ2n) is 4.96. The molecule has 2 rings (SSSR count). The van der Waals surface area contributed by atoms with Gasteiger partial charge in [0.1, 0.15) is 0 Å². The average Bonchev–Trinajstić information content (AvgIpc) is 2.46. The lowest BCUT2D eigenvalue weighted by Crippen LogP contribution is -2.23. The lowest BCUT2D eigenvalue weighted by molar-refractivity contribution is -0.386. The van der Waals surface area contributed by atoms with Gasteiger partial charge in [0, 0.05) is 20.2 Å². The van der Waals surface area contributed by atoms with Gasteiger partial charge in [0.05, 0.1) is 22.7 Å². The maximum absolute atomic E-state index is 11.3. The third-order valence-electron chi connectivity index (χ3n) is 3.49. The van der Waals surface area contributed by atoms with E-state index in [-0.39, 0.29) is 17.2 Å². The number of likely N-dealkylation sites (tertiary alicyclic amines) is 1. The van der Waals surface area contributed by atoms with Crippen LogP contribution in [0.15, 0.2) is 24.4 Å². The summed E-state index contributed by atoms with van der Waals surface area (Å²) in [4.78, 5) is 13.2. The van der Waals surface area contributed by atoms with Crippen LogP contribution in [0.2, 0.25) is 0 Å². The Bertz CT molecular complexity index is 494. The van der Waals surface area contributed by atoms with E-state index in [1.165, 1.54) is 19.3 Å². The van der Waals surface area contributed by atoms with Gasteiger partial charge < -0.3 is 9.64 Å². The van der Waals surface area contributed by atoms with Crippen molar-refractivity contribution in [2.24, 2.45) is 0 Å². The molecule has 0 unspecified atom stereocenters. The highest BCUT2D eigenvalue weighted by atomic mass is 16.6. The first-order chi connectivity index (χ1) is 9.72. The van der Waals surface area contributed by atoms with Crippen LogP contribution in [0, 0.1) is 10.1 Å². The second-order valence-corrected chi connectivity index (χ2v) is 4.96. The Morgan fingerprint density at radius 3 is 2.75 bits per heavy atom. The van der Waals surface area contributed by atoms with Crippen molar-refractivity contribution in [1.29, 1.82) is 0 Å². The highest BCUT2D eigenvalue weighted by Gasteiger charge is 2.17. The van der Waals surface area contributed by atoms with Gasteiger partial charge in [-0.2, -0.15) is 0 Å². The quantitative estimate of drug-likeness (QED) is 0.612. The molecule has 0 N–H and O–H groups in total. The minimum absolute atomic E-state index is 0.141. The number of hydrogen-bond donors (Lipinski definition) is 0. The standard InChI is InChI=1S/C15H20N2O3/c1-20-12-14-7-5-6-13(15(14)17(18)19)8-11-16-9-3-2-4-10-16/h5-8,11H,2-4,9-10,12H2,1H3. The summed E-state index contributed by atoms with van der Waals surface area (Å²) >= 11 is 0. The lowest BCUT2D eigenvalue weighted by Gasteiger charge is -2.24. The summed E-state index contributed by atoms with van der Waals surface area (Å²) in [5.74, 6) is 0. The van der Waals surface area contributed by atoms with E-state index in [1.54, 1.807) is 19.2 Å². The number of rotatable bonds is 5. The molecule has 0 atom stereocenters. The number of methoxy groups -OCH3 is 1. The van der Waals surface area contributed by atoms with E-state index in [0.29, 0.717) is 11.1 Å². The van der Waals surface area contributed by atoms with E-state index in [1.807, 2.05) is 18.3 Å². The van der Waals surface area contributed by atoms with Crippen molar-refractivity contribution in [3.63, 3.8) is 0 Å². The summed E-state index contributed by atoms with van der Waals surface area (Å²) in [5, 5.41) is 11.3. The fourth-order valence-electron chi connectivity index (χ4n) is 2.49. The second kappa shape index (κ2) is 7.05. The molecule has 0 aromatic heterocycles. The maximum Gasteiger partial charge on any atom is 0.282 e. The summed E-state index contributed by atoms with van der Waals surface area (Å²) in [6.45, 7) is 2.31. The zero-order chi connectivity index (χ0) is 14.4. The van der Waals surface area contributed by atoms with Crippen LogP contribution in [0.5, 0.6) is 0 Å². The van der Waals surface area contributed by atoms with E-state index >= 15 is 0 Å². The highest BCUT2D eigenvalue weighted by Crippen LogP contribution is 2.26. The highest BCUT2D eigenvalue weighted by molar-refractivity contribution is 5.63. The Morgan fingerprint density at radius 1 is 1.35 bits per heavy atom. The van der Waals surface area contributed by atoms with Gasteiger partial charge in [-0.25, -0.2) is 0 Å². The molecule has 0 amide bonds. The van der Waals surface area contributed by atoms with Gasteiger partial charge in [-0.15, -0.1) is 0 Å². The summed E-state index contributed by atoms with van der Waals surface area (Å²) in [6, 6.07) is 5.34. The number of nitrogens with zero attached hydrogens (tertiary/aromatic N) is 2. The molecule has 1 fully saturated rings. The average molecular weight is 276 g/mol. The molecule has 1 aromatic carbocycles. The van der Waals surface area contributed by atoms with Gasteiger partial charge in [0.2, 0.25) is 0 Å². The van der Waals surface area contributed by atoms with E-state index in [4.69, 9.17) is 4.74 Å². The Kier molecular flexibility index (Phi) is 5.12. The van der Waals surface area contributed by atoms with Crippen LogP contribution in [-0.4, -0.2) is 30.0 Å². The molecule has 0 saturated carbocycles. The van der Waals surface area contributed by atoms with Crippen molar-refractivity contribution in [2.45, 2.75) is 25.9 Å². The van der Waals surface area contributed by atoms with Crippen molar-refractivity contribution in [3.05, 3.63) is 45.6 Å². The molecule has 1 aliphatic heterocycles. The number of para-hydroxylation sites is 1. The van der Waals surface area contributed by atoms with Crippen molar-refractivity contribution in [2.75, 3.05) is 20.2 Å². The number of benzene rings is 1. The van der Waals surface area contributed by atoms with E-state index in [9.17, 15) is 10.1 Å². The molecule has 108 valence electrons. The van der Waals surface area contributed by atoms with E-state index < -0.39 is 0 Å². The minimum atomic E-state index is -0.329. The van der Waals surface area contributed by atoms with Crippen molar-refractivity contribution in [1.82, 2.24) is 4.90 Å². The van der Waals surface area contributed by atoms with Crippen LogP contribution in [0.4, 0.5) is 5.69 Å². The molecular weight excluding hydrogens is 256 g/mol. The normalized spacial score (nSPS) is 15.8. The van der Waals surface area contributed by atoms with Gasteiger partial charge in [-0.05, 0) is 43.7 Å². The predicted molar refractivity (Wildman–Crippen MR) is 78.3 cm³/mol. The molecule has 1 saturated heterocycles. The zero-order valence-corrected chi connectivity index (χ0v) is 11.7. The SMILES string of the molecule is COCc1cccc(C=CN2CCCCC2)c1[N+](=O)[O-]. The number of nitro benzene ring substituents is 1. The number of piperidine rings is 1. The molecule has 1 aromatic rings. The topological polar surface area (TPSA) is 55.6 Å². The predicted octanol–water partition coefficient (Wildman–Crippen LogP) is 3.20. The minimum Gasteiger partial charge on any atom is -0.380 e. The van der Waals surface area contributed by atoms with Crippen molar-refractivity contribution < 1.29 is 9.66 Å². The fraction of sp³-hybridized carbons (Fsp3) is 0.467. The van der Waals surface area contributed by atoms with Gasteiger partial charge in [0.25, 0.3) is 5.69 Å². The third kappa shape index (κ3) is 3.57. The largest absolute Gasteiger partial charge is 0.380 e. The Balaban J connectivity index is 2.23. The smallest absolute Gasteiger partial charge is 0.282 e. The molecule has 0 aliphatic carbocycles. The maximum atomic E-state index is 11.3. The molecule has 1 heterocycles. The summed E-state index contributed by atoms with van der Waals surface area (Å²) in [6.07, 6.45) is 7.46. The fourth-order valence-corrected chi connectivity index (χ4v) is 2.49. The van der Waals surface area contributed by atoms with Crippen LogP contribution < -0.4 is 0 Å². The number of ether oxygens (including phenoxy) is 1. The van der Waals surface area contributed by atoms with Crippen LogP contribution in [-0.2, 0) is 11.3 Å². The van der Waals surface area contributed by atoms with Gasteiger partial charge in [-0.3, -0.25) is 10.1 Å². The van der Waals surface area contributed by atoms with Crippen molar-refractivity contribution in [3.8, 4) is 0 Å². The first-order valence-electron chi connectivity index (χ1n) is 6.90. The molecule has 0 bridgehead atoms. The van der Waals surface area contributed by atoms with Gasteiger partial charge in [-0.1, -0.05) is 6.07 Å². The van der Waals surface area contributed by atoms with E-state index in [2.05, 4.69) is 4.90 Å². The summed E-state index contributed by atoms with van der Waals surface area (Å²) < 4.78 is 5.03. The first kappa shape index (κ1) is 14.5. The monoisotopic (exact) mass is 276 g/mol. The lowest BCUT2D eigenvalue weighted by atomic mass is 10.1. The van der Waals surface area contributed by atoms with Crippen molar-refractivity contribution >= 4 is 11.8 Å². The molecule has 5 heteroatoms. The van der Waals surface area contributed by atoms with Gasteiger partial charge in [0.15, 0.2) is 0 Å². The van der Waals surface area contributed by atoms with Crippen LogP contribution in [0.1, 0.15) is 30.4 Å².